The molecule has 2 saturated heterocycles. The van der Waals surface area contributed by atoms with Crippen LogP contribution in [0.1, 0.15) is 12.8 Å². The molecular weight excluding hydrogens is 464 g/mol. The van der Waals surface area contributed by atoms with Crippen LogP contribution in [-0.4, -0.2) is 91.6 Å². The van der Waals surface area contributed by atoms with Gasteiger partial charge in [-0.25, -0.2) is 4.79 Å². The minimum Gasteiger partial charge on any atom is -0.426 e. The molecule has 12 heteroatoms. The largest absolute Gasteiger partial charge is 0.434 e. The van der Waals surface area contributed by atoms with Gasteiger partial charge in [0.25, 0.3) is 6.10 Å². The van der Waals surface area contributed by atoms with Crippen LogP contribution in [0.5, 0.6) is 0 Å². The zero-order chi connectivity index (χ0) is 23.9. The lowest BCUT2D eigenvalue weighted by atomic mass is 10.2. The Balaban J connectivity index is 1.94. The highest BCUT2D eigenvalue weighted by atomic mass is 35.5. The zero-order valence-corrected chi connectivity index (χ0v) is 18.1. The van der Waals surface area contributed by atoms with Crippen LogP contribution in [-0.2, 0) is 4.74 Å². The molecule has 1 amide bonds. The summed E-state index contributed by atoms with van der Waals surface area (Å²) in [5.41, 5.74) is 1.05. The number of carbonyl (C=O) groups excluding carboxylic acids is 1. The van der Waals surface area contributed by atoms with E-state index in [0.717, 1.165) is 42.9 Å². The number of rotatable bonds is 7. The predicted molar refractivity (Wildman–Crippen MR) is 108 cm³/mol. The molecule has 0 bridgehead atoms. The highest BCUT2D eigenvalue weighted by Gasteiger charge is 2.60. The molecule has 0 radical (unpaired) electrons. The molecule has 2 heterocycles. The molecule has 0 spiro atoms. The molecule has 0 aromatic heterocycles. The van der Waals surface area contributed by atoms with Crippen LogP contribution < -0.4 is 0 Å². The van der Waals surface area contributed by atoms with Gasteiger partial charge in [0.1, 0.15) is 0 Å². The van der Waals surface area contributed by atoms with E-state index in [1.165, 1.54) is 6.08 Å². The molecule has 2 rings (SSSR count). The normalized spacial score (nSPS) is 20.2. The summed E-state index contributed by atoms with van der Waals surface area (Å²) in [6.45, 7) is 7.30. The van der Waals surface area contributed by atoms with Gasteiger partial charge in [0.05, 0.1) is 0 Å². The van der Waals surface area contributed by atoms with Gasteiger partial charge < -0.3 is 9.64 Å². The minimum absolute atomic E-state index is 0.0402. The summed E-state index contributed by atoms with van der Waals surface area (Å²) < 4.78 is 79.5. The summed E-state index contributed by atoms with van der Waals surface area (Å²) in [6.07, 6.45) is -9.87. The van der Waals surface area contributed by atoms with Crippen LogP contribution in [0.15, 0.2) is 35.4 Å². The summed E-state index contributed by atoms with van der Waals surface area (Å²) in [7, 11) is 0. The number of amides is 1. The molecule has 0 N–H and O–H groups in total. The lowest BCUT2D eigenvalue weighted by Crippen LogP contribution is -2.53. The number of likely N-dealkylation sites (tertiary alicyclic amines) is 1. The highest BCUT2D eigenvalue weighted by Crippen LogP contribution is 2.36. The van der Waals surface area contributed by atoms with E-state index in [0.29, 0.717) is 11.6 Å². The molecule has 32 heavy (non-hydrogen) atoms. The lowest BCUT2D eigenvalue weighted by Gasteiger charge is -2.36. The number of alkyl halides is 6. The van der Waals surface area contributed by atoms with Crippen molar-refractivity contribution in [1.29, 1.82) is 0 Å². The quantitative estimate of drug-likeness (QED) is 0.388. The van der Waals surface area contributed by atoms with E-state index < -0.39 is 24.5 Å². The van der Waals surface area contributed by atoms with Crippen molar-refractivity contribution >= 4 is 17.7 Å². The molecule has 2 aliphatic heterocycles. The highest BCUT2D eigenvalue weighted by molar-refractivity contribution is 6.31. The van der Waals surface area contributed by atoms with E-state index in [-0.39, 0.29) is 26.2 Å². The van der Waals surface area contributed by atoms with Crippen LogP contribution in [0.2, 0.25) is 0 Å². The van der Waals surface area contributed by atoms with Crippen molar-refractivity contribution in [3.05, 3.63) is 35.4 Å². The molecule has 182 valence electrons. The fraction of sp³-hybridized carbons (Fsp3) is 0.650. The third-order valence-corrected chi connectivity index (χ3v) is 5.45. The zero-order valence-electron chi connectivity index (χ0n) is 17.4. The number of hydrogen-bond donors (Lipinski definition) is 0. The van der Waals surface area contributed by atoms with Gasteiger partial charge in [-0.15, -0.1) is 0 Å². The first-order valence-corrected chi connectivity index (χ1v) is 10.5. The Morgan fingerprint density at radius 1 is 0.906 bits per heavy atom. The second-order valence-corrected chi connectivity index (χ2v) is 8.11. The second-order valence-electron chi connectivity index (χ2n) is 7.67. The fourth-order valence-electron chi connectivity index (χ4n) is 3.52. The van der Waals surface area contributed by atoms with Gasteiger partial charge in [-0.1, -0.05) is 30.3 Å². The Bertz CT molecular complexity index is 695. The average Bonchev–Trinajstić information content (AvgIpc) is 3.21. The third-order valence-electron chi connectivity index (χ3n) is 5.17. The number of halogens is 7. The van der Waals surface area contributed by atoms with E-state index in [4.69, 9.17) is 11.6 Å². The molecule has 5 nitrogen and oxygen atoms in total. The van der Waals surface area contributed by atoms with Gasteiger partial charge in [0.15, 0.2) is 0 Å². The van der Waals surface area contributed by atoms with Crippen LogP contribution in [0, 0.1) is 0 Å². The fourth-order valence-corrected chi connectivity index (χ4v) is 3.58. The Morgan fingerprint density at radius 3 is 1.88 bits per heavy atom. The summed E-state index contributed by atoms with van der Waals surface area (Å²) in [5.74, 6) is 0. The molecule has 0 saturated carbocycles. The van der Waals surface area contributed by atoms with E-state index >= 15 is 0 Å². The first kappa shape index (κ1) is 26.5. The number of nitrogens with zero attached hydrogens (tertiary/aromatic N) is 3. The number of piperazine rings is 1. The summed E-state index contributed by atoms with van der Waals surface area (Å²) >= 11 is 5.98. The van der Waals surface area contributed by atoms with Crippen LogP contribution in [0.25, 0.3) is 0 Å². The predicted octanol–water partition coefficient (Wildman–Crippen LogP) is 4.56. The third kappa shape index (κ3) is 8.32. The summed E-state index contributed by atoms with van der Waals surface area (Å²) in [6, 6.07) is 0. The van der Waals surface area contributed by atoms with Crippen molar-refractivity contribution in [2.45, 2.75) is 31.3 Å². The van der Waals surface area contributed by atoms with E-state index in [9.17, 15) is 31.1 Å². The van der Waals surface area contributed by atoms with Crippen LogP contribution in [0.3, 0.4) is 0 Å². The smallest absolute Gasteiger partial charge is 0.426 e. The minimum atomic E-state index is -5.73. The Morgan fingerprint density at radius 2 is 1.41 bits per heavy atom. The molecule has 0 aromatic carbocycles. The van der Waals surface area contributed by atoms with Gasteiger partial charge in [0.2, 0.25) is 0 Å². The number of ether oxygens (including phenoxy) is 1. The van der Waals surface area contributed by atoms with E-state index in [2.05, 4.69) is 16.2 Å². The van der Waals surface area contributed by atoms with Gasteiger partial charge in [-0.2, -0.15) is 26.3 Å². The molecular formula is C20H26ClF6N3O2. The molecule has 0 atom stereocenters. The van der Waals surface area contributed by atoms with Crippen molar-refractivity contribution in [3.8, 4) is 0 Å². The van der Waals surface area contributed by atoms with E-state index in [1.807, 2.05) is 11.0 Å². The summed E-state index contributed by atoms with van der Waals surface area (Å²) in [4.78, 5) is 17.0. The molecule has 0 aromatic rings. The summed E-state index contributed by atoms with van der Waals surface area (Å²) in [5, 5.41) is 0.473. The Labute approximate surface area is 187 Å². The standard InChI is InChI=1S/C20H26ClF6N3O2/c1-2-16(21)6-5-15(13-28-7-3-4-8-28)14-29-9-11-30(12-10-29)18(31)32-17(19(22,23)24)20(25,26)27/h2,5-6,17H,1,3-4,7-14H2/b15-5+,16-6+. The van der Waals surface area contributed by atoms with Gasteiger partial charge >= 0.3 is 18.4 Å². The van der Waals surface area contributed by atoms with Crippen LogP contribution in [0.4, 0.5) is 31.1 Å². The average molecular weight is 490 g/mol. The SMILES string of the molecule is C=C/C(Cl)=C\C=C(/CN1CCCC1)CN1CCN(C(=O)OC(C(F)(F)F)C(F)(F)F)CC1. The molecule has 0 unspecified atom stereocenters. The number of hydrogen-bond acceptors (Lipinski definition) is 4. The van der Waals surface area contributed by atoms with E-state index in [1.54, 1.807) is 6.08 Å². The van der Waals surface area contributed by atoms with Crippen LogP contribution >= 0.6 is 11.6 Å². The molecule has 2 aliphatic rings. The van der Waals surface area contributed by atoms with Crippen molar-refractivity contribution in [1.82, 2.24) is 14.7 Å². The van der Waals surface area contributed by atoms with Crippen molar-refractivity contribution in [3.63, 3.8) is 0 Å². The maximum absolute atomic E-state index is 12.6. The Hall–Kier alpha value is -1.72. The van der Waals surface area contributed by atoms with Gasteiger partial charge in [-0.3, -0.25) is 9.80 Å². The maximum atomic E-state index is 12.6. The van der Waals surface area contributed by atoms with Gasteiger partial charge in [0, 0.05) is 44.3 Å². The maximum Gasteiger partial charge on any atom is 0.434 e. The first-order valence-electron chi connectivity index (χ1n) is 10.1. The van der Waals surface area contributed by atoms with Crippen molar-refractivity contribution < 1.29 is 35.9 Å². The lowest BCUT2D eigenvalue weighted by molar-refractivity contribution is -0.308. The number of carbonyl (C=O) groups is 1. The number of allylic oxidation sites excluding steroid dienone is 4. The second kappa shape index (κ2) is 11.4. The van der Waals surface area contributed by atoms with Crippen molar-refractivity contribution in [2.75, 3.05) is 52.4 Å². The van der Waals surface area contributed by atoms with Gasteiger partial charge in [-0.05, 0) is 37.6 Å². The molecule has 0 aliphatic carbocycles. The van der Waals surface area contributed by atoms with Crippen molar-refractivity contribution in [2.24, 2.45) is 0 Å². The monoisotopic (exact) mass is 489 g/mol. The first-order chi connectivity index (χ1) is 14.9. The Kier molecular flexibility index (Phi) is 9.47. The topological polar surface area (TPSA) is 36.0 Å². The molecule has 2 fully saturated rings.